The van der Waals surface area contributed by atoms with Crippen molar-refractivity contribution in [1.82, 2.24) is 10.2 Å². The Hall–Kier alpha value is -1.59. The fraction of sp³-hybridized carbons (Fsp3) is 0.800. The zero-order valence-electron chi connectivity index (χ0n) is 12.8. The van der Waals surface area contributed by atoms with E-state index in [0.29, 0.717) is 25.8 Å². The summed E-state index contributed by atoms with van der Waals surface area (Å²) in [4.78, 5) is 35.9. The van der Waals surface area contributed by atoms with Crippen LogP contribution in [0.2, 0.25) is 0 Å². The first-order chi connectivity index (χ1) is 10.1. The van der Waals surface area contributed by atoms with E-state index in [0.717, 1.165) is 19.3 Å². The van der Waals surface area contributed by atoms with E-state index in [1.165, 1.54) is 17.7 Å². The molecule has 1 saturated heterocycles. The second kappa shape index (κ2) is 9.37. The highest BCUT2D eigenvalue weighted by Gasteiger charge is 2.33. The third kappa shape index (κ3) is 6.14. The summed E-state index contributed by atoms with van der Waals surface area (Å²) in [7, 11) is 0. The first-order valence-electron chi connectivity index (χ1n) is 7.85. The SMILES string of the molecule is CCCCCCCC(=O)NCC(=O)N1CCC[C@H]1C(=O)O. The molecule has 1 atom stereocenters. The lowest BCUT2D eigenvalue weighted by Crippen LogP contribution is -2.45. The lowest BCUT2D eigenvalue weighted by atomic mass is 10.1. The number of rotatable bonds is 9. The van der Waals surface area contributed by atoms with Gasteiger partial charge in [-0.25, -0.2) is 4.79 Å². The minimum atomic E-state index is -0.969. The topological polar surface area (TPSA) is 86.7 Å². The molecule has 0 radical (unpaired) electrons. The minimum Gasteiger partial charge on any atom is -0.480 e. The summed E-state index contributed by atoms with van der Waals surface area (Å²) in [5.41, 5.74) is 0. The molecule has 6 nitrogen and oxygen atoms in total. The average molecular weight is 298 g/mol. The van der Waals surface area contributed by atoms with Crippen molar-refractivity contribution in [3.05, 3.63) is 0 Å². The lowest BCUT2D eigenvalue weighted by Gasteiger charge is -2.21. The summed E-state index contributed by atoms with van der Waals surface area (Å²) in [6, 6.07) is -0.733. The third-order valence-electron chi connectivity index (χ3n) is 3.80. The molecule has 0 aliphatic carbocycles. The fourth-order valence-electron chi connectivity index (χ4n) is 2.58. The van der Waals surface area contributed by atoms with E-state index in [1.807, 2.05) is 0 Å². The number of nitrogens with one attached hydrogen (secondary N) is 1. The summed E-state index contributed by atoms with van der Waals surface area (Å²) in [6.45, 7) is 2.50. The number of hydrogen-bond donors (Lipinski definition) is 2. The molecule has 0 aromatic heterocycles. The van der Waals surface area contributed by atoms with Gasteiger partial charge in [0.15, 0.2) is 0 Å². The minimum absolute atomic E-state index is 0.0996. The van der Waals surface area contributed by atoms with Gasteiger partial charge >= 0.3 is 5.97 Å². The smallest absolute Gasteiger partial charge is 0.326 e. The van der Waals surface area contributed by atoms with Crippen molar-refractivity contribution in [1.29, 1.82) is 0 Å². The van der Waals surface area contributed by atoms with Crippen molar-refractivity contribution in [3.8, 4) is 0 Å². The van der Waals surface area contributed by atoms with E-state index >= 15 is 0 Å². The van der Waals surface area contributed by atoms with Crippen LogP contribution in [0.25, 0.3) is 0 Å². The lowest BCUT2D eigenvalue weighted by molar-refractivity contribution is -0.148. The van der Waals surface area contributed by atoms with Gasteiger partial charge in [0.25, 0.3) is 0 Å². The maximum Gasteiger partial charge on any atom is 0.326 e. The van der Waals surface area contributed by atoms with E-state index in [9.17, 15) is 14.4 Å². The normalized spacial score (nSPS) is 17.8. The zero-order chi connectivity index (χ0) is 15.7. The van der Waals surface area contributed by atoms with E-state index in [4.69, 9.17) is 5.11 Å². The number of likely N-dealkylation sites (tertiary alicyclic amines) is 1. The van der Waals surface area contributed by atoms with Gasteiger partial charge in [0, 0.05) is 13.0 Å². The highest BCUT2D eigenvalue weighted by atomic mass is 16.4. The predicted octanol–water partition coefficient (Wildman–Crippen LogP) is 1.54. The zero-order valence-corrected chi connectivity index (χ0v) is 12.8. The number of nitrogens with zero attached hydrogens (tertiary/aromatic N) is 1. The molecule has 0 unspecified atom stereocenters. The molecule has 0 aromatic carbocycles. The van der Waals surface area contributed by atoms with Crippen LogP contribution in [0.1, 0.15) is 58.3 Å². The van der Waals surface area contributed by atoms with Gasteiger partial charge < -0.3 is 15.3 Å². The van der Waals surface area contributed by atoms with Gasteiger partial charge in [0.1, 0.15) is 6.04 Å². The molecule has 2 amide bonds. The molecule has 0 spiro atoms. The van der Waals surface area contributed by atoms with Crippen molar-refractivity contribution in [2.45, 2.75) is 64.3 Å². The molecule has 21 heavy (non-hydrogen) atoms. The highest BCUT2D eigenvalue weighted by molar-refractivity contribution is 5.88. The van der Waals surface area contributed by atoms with Crippen molar-refractivity contribution in [2.75, 3.05) is 13.1 Å². The summed E-state index contributed by atoms with van der Waals surface area (Å²) >= 11 is 0. The molecule has 0 aromatic rings. The van der Waals surface area contributed by atoms with Crippen molar-refractivity contribution < 1.29 is 19.5 Å². The fourth-order valence-corrected chi connectivity index (χ4v) is 2.58. The van der Waals surface area contributed by atoms with Crippen molar-refractivity contribution in [2.24, 2.45) is 0 Å². The Morgan fingerprint density at radius 1 is 1.19 bits per heavy atom. The Kier molecular flexibility index (Phi) is 7.79. The molecule has 1 rings (SSSR count). The van der Waals surface area contributed by atoms with E-state index in [2.05, 4.69) is 12.2 Å². The van der Waals surface area contributed by atoms with Crippen LogP contribution in [0.4, 0.5) is 0 Å². The van der Waals surface area contributed by atoms with E-state index in [-0.39, 0.29) is 18.4 Å². The summed E-state index contributed by atoms with van der Waals surface area (Å²) in [5, 5.41) is 11.6. The average Bonchev–Trinajstić information content (AvgIpc) is 2.94. The molecular formula is C15H26N2O4. The molecule has 0 bridgehead atoms. The molecular weight excluding hydrogens is 272 g/mol. The number of carbonyl (C=O) groups is 3. The largest absolute Gasteiger partial charge is 0.480 e. The molecule has 1 fully saturated rings. The van der Waals surface area contributed by atoms with Gasteiger partial charge in [0.05, 0.1) is 6.54 Å². The Morgan fingerprint density at radius 2 is 1.90 bits per heavy atom. The van der Waals surface area contributed by atoms with Crippen LogP contribution >= 0.6 is 0 Å². The van der Waals surface area contributed by atoms with Crippen LogP contribution in [0.3, 0.4) is 0 Å². The summed E-state index contributed by atoms with van der Waals surface area (Å²) < 4.78 is 0. The first-order valence-corrected chi connectivity index (χ1v) is 7.85. The van der Waals surface area contributed by atoms with Gasteiger partial charge in [-0.3, -0.25) is 9.59 Å². The molecule has 0 saturated carbocycles. The van der Waals surface area contributed by atoms with Gasteiger partial charge in [-0.2, -0.15) is 0 Å². The Balaban J connectivity index is 2.20. The molecule has 1 aliphatic heterocycles. The quantitative estimate of drug-likeness (QED) is 0.632. The van der Waals surface area contributed by atoms with E-state index < -0.39 is 12.0 Å². The second-order valence-corrected chi connectivity index (χ2v) is 5.52. The maximum atomic E-state index is 11.9. The van der Waals surface area contributed by atoms with Crippen LogP contribution in [0.5, 0.6) is 0 Å². The van der Waals surface area contributed by atoms with Crippen molar-refractivity contribution in [3.63, 3.8) is 0 Å². The number of unbranched alkanes of at least 4 members (excludes halogenated alkanes) is 4. The van der Waals surface area contributed by atoms with Crippen LogP contribution in [0, 0.1) is 0 Å². The first kappa shape index (κ1) is 17.5. The summed E-state index contributed by atoms with van der Waals surface area (Å²) in [6.07, 6.45) is 6.98. The molecule has 1 heterocycles. The summed E-state index contributed by atoms with van der Waals surface area (Å²) in [5.74, 6) is -1.41. The maximum absolute atomic E-state index is 11.9. The number of hydrogen-bond acceptors (Lipinski definition) is 3. The van der Waals surface area contributed by atoms with Gasteiger partial charge in [-0.1, -0.05) is 32.6 Å². The number of carbonyl (C=O) groups excluding carboxylic acids is 2. The highest BCUT2D eigenvalue weighted by Crippen LogP contribution is 2.17. The molecule has 2 N–H and O–H groups in total. The number of amides is 2. The molecule has 6 heteroatoms. The van der Waals surface area contributed by atoms with Crippen LogP contribution in [-0.2, 0) is 14.4 Å². The van der Waals surface area contributed by atoms with Crippen molar-refractivity contribution >= 4 is 17.8 Å². The molecule has 1 aliphatic rings. The van der Waals surface area contributed by atoms with Crippen LogP contribution < -0.4 is 5.32 Å². The third-order valence-corrected chi connectivity index (χ3v) is 3.80. The monoisotopic (exact) mass is 298 g/mol. The number of carboxylic acid groups (broad SMARTS) is 1. The Labute approximate surface area is 125 Å². The van der Waals surface area contributed by atoms with Gasteiger partial charge in [0.2, 0.25) is 11.8 Å². The van der Waals surface area contributed by atoms with E-state index in [1.54, 1.807) is 0 Å². The van der Waals surface area contributed by atoms with Gasteiger partial charge in [-0.05, 0) is 19.3 Å². The number of aliphatic carboxylic acids is 1. The Morgan fingerprint density at radius 3 is 2.57 bits per heavy atom. The molecule has 120 valence electrons. The predicted molar refractivity (Wildman–Crippen MR) is 78.8 cm³/mol. The second-order valence-electron chi connectivity index (χ2n) is 5.52. The number of carboxylic acids is 1. The van der Waals surface area contributed by atoms with Gasteiger partial charge in [-0.15, -0.1) is 0 Å². The van der Waals surface area contributed by atoms with Crippen LogP contribution in [-0.4, -0.2) is 46.9 Å². The van der Waals surface area contributed by atoms with Crippen LogP contribution in [0.15, 0.2) is 0 Å². The Bertz CT molecular complexity index is 371. The standard InChI is InChI=1S/C15H26N2O4/c1-2-3-4-5-6-9-13(18)16-11-14(19)17-10-7-8-12(17)15(20)21/h12H,2-11H2,1H3,(H,16,18)(H,20,21)/t12-/m0/s1.